The number of aromatic nitrogens is 1. The summed E-state index contributed by atoms with van der Waals surface area (Å²) in [5, 5.41) is 24.7. The lowest BCUT2D eigenvalue weighted by atomic mass is 9.90. The van der Waals surface area contributed by atoms with Gasteiger partial charge in [-0.1, -0.05) is 18.2 Å². The highest BCUT2D eigenvalue weighted by atomic mass is 16.6. The number of aromatic amines is 1. The molecule has 0 aliphatic heterocycles. The Balaban J connectivity index is 2.39. The number of amides is 2. The van der Waals surface area contributed by atoms with E-state index in [1.165, 1.54) is 13.8 Å². The van der Waals surface area contributed by atoms with E-state index in [9.17, 15) is 24.6 Å². The standard InChI is InChI=1S/C21H29N3O6/c1-19(2,3)30-18(29)24-20(4,16(26)23-21(5,12-25)17(27)28)10-13-11-22-15-9-7-6-8-14(13)15/h6-9,11,22,25H,10,12H2,1-5H3,(H,23,26)(H,24,29)(H,27,28)/t20-,21-/m0/s1. The highest BCUT2D eigenvalue weighted by Gasteiger charge is 2.43. The molecule has 5 N–H and O–H groups in total. The summed E-state index contributed by atoms with van der Waals surface area (Å²) >= 11 is 0. The zero-order valence-corrected chi connectivity index (χ0v) is 17.8. The number of carboxylic acid groups (broad SMARTS) is 1. The summed E-state index contributed by atoms with van der Waals surface area (Å²) in [6.07, 6.45) is 0.972. The van der Waals surface area contributed by atoms with Crippen LogP contribution in [0.5, 0.6) is 0 Å². The highest BCUT2D eigenvalue weighted by Crippen LogP contribution is 2.24. The number of carboxylic acids is 1. The molecule has 0 bridgehead atoms. The number of H-pyrrole nitrogens is 1. The van der Waals surface area contributed by atoms with Gasteiger partial charge in [0.1, 0.15) is 11.1 Å². The maximum Gasteiger partial charge on any atom is 0.408 e. The third-order valence-corrected chi connectivity index (χ3v) is 4.67. The highest BCUT2D eigenvalue weighted by molar-refractivity contribution is 5.95. The number of carbonyl (C=O) groups is 3. The van der Waals surface area contributed by atoms with Gasteiger partial charge in [-0.05, 0) is 46.2 Å². The zero-order valence-electron chi connectivity index (χ0n) is 17.8. The minimum Gasteiger partial charge on any atom is -0.479 e. The molecule has 0 aliphatic carbocycles. The molecule has 2 aromatic rings. The molecule has 2 atom stereocenters. The number of alkyl carbamates (subject to hydrolysis) is 1. The van der Waals surface area contributed by atoms with E-state index < -0.39 is 41.3 Å². The second-order valence-electron chi connectivity index (χ2n) is 8.74. The summed E-state index contributed by atoms with van der Waals surface area (Å²) in [6, 6.07) is 7.48. The van der Waals surface area contributed by atoms with Crippen molar-refractivity contribution >= 4 is 28.9 Å². The molecule has 9 nitrogen and oxygen atoms in total. The molecule has 1 heterocycles. The number of para-hydroxylation sites is 1. The first kappa shape index (κ1) is 23.2. The monoisotopic (exact) mass is 419 g/mol. The van der Waals surface area contributed by atoms with Crippen LogP contribution in [-0.2, 0) is 20.7 Å². The molecular formula is C21H29N3O6. The van der Waals surface area contributed by atoms with Crippen LogP contribution in [0.4, 0.5) is 4.79 Å². The van der Waals surface area contributed by atoms with Crippen LogP contribution in [0.3, 0.4) is 0 Å². The lowest BCUT2D eigenvalue weighted by molar-refractivity contribution is -0.149. The van der Waals surface area contributed by atoms with Crippen LogP contribution in [0.25, 0.3) is 10.9 Å². The van der Waals surface area contributed by atoms with E-state index in [0.717, 1.165) is 16.5 Å². The van der Waals surface area contributed by atoms with Gasteiger partial charge in [-0.15, -0.1) is 0 Å². The number of carbonyl (C=O) groups excluding carboxylic acids is 2. The van der Waals surface area contributed by atoms with E-state index >= 15 is 0 Å². The molecule has 1 aromatic heterocycles. The van der Waals surface area contributed by atoms with Crippen LogP contribution >= 0.6 is 0 Å². The quantitative estimate of drug-likeness (QED) is 0.464. The predicted octanol–water partition coefficient (Wildman–Crippen LogP) is 1.95. The van der Waals surface area contributed by atoms with Crippen molar-refractivity contribution < 1.29 is 29.3 Å². The Hall–Kier alpha value is -3.07. The molecular weight excluding hydrogens is 390 g/mol. The van der Waals surface area contributed by atoms with E-state index in [1.807, 2.05) is 24.3 Å². The van der Waals surface area contributed by atoms with Crippen molar-refractivity contribution in [2.75, 3.05) is 6.61 Å². The average Bonchev–Trinajstić information content (AvgIpc) is 3.02. The molecule has 2 rings (SSSR count). The molecule has 0 unspecified atom stereocenters. The number of aliphatic hydroxyl groups is 1. The fraction of sp³-hybridized carbons (Fsp3) is 0.476. The first-order valence-corrected chi connectivity index (χ1v) is 9.53. The molecule has 164 valence electrons. The summed E-state index contributed by atoms with van der Waals surface area (Å²) in [6.45, 7) is 6.93. The molecule has 0 saturated carbocycles. The van der Waals surface area contributed by atoms with Gasteiger partial charge < -0.3 is 30.6 Å². The number of rotatable bonds is 7. The summed E-state index contributed by atoms with van der Waals surface area (Å²) in [5.41, 5.74) is -2.64. The first-order valence-electron chi connectivity index (χ1n) is 9.53. The Morgan fingerprint density at radius 1 is 1.03 bits per heavy atom. The van der Waals surface area contributed by atoms with Gasteiger partial charge in [0.2, 0.25) is 5.91 Å². The zero-order chi connectivity index (χ0) is 22.7. The topological polar surface area (TPSA) is 141 Å². The van der Waals surface area contributed by atoms with Gasteiger partial charge in [-0.25, -0.2) is 9.59 Å². The van der Waals surface area contributed by atoms with Gasteiger partial charge in [0.25, 0.3) is 0 Å². The summed E-state index contributed by atoms with van der Waals surface area (Å²) in [5.74, 6) is -2.16. The molecule has 1 aromatic carbocycles. The number of fused-ring (bicyclic) bond motifs is 1. The van der Waals surface area contributed by atoms with Crippen LogP contribution in [0.1, 0.15) is 40.2 Å². The van der Waals surface area contributed by atoms with Crippen molar-refractivity contribution in [3.63, 3.8) is 0 Å². The molecule has 30 heavy (non-hydrogen) atoms. The number of aliphatic carboxylic acids is 1. The maximum absolute atomic E-state index is 13.1. The molecule has 0 radical (unpaired) electrons. The molecule has 9 heteroatoms. The lowest BCUT2D eigenvalue weighted by Gasteiger charge is -2.34. The minimum absolute atomic E-state index is 0.0587. The number of hydrogen-bond acceptors (Lipinski definition) is 5. The molecule has 0 spiro atoms. The van der Waals surface area contributed by atoms with Gasteiger partial charge in [-0.3, -0.25) is 4.79 Å². The Bertz CT molecular complexity index is 948. The molecule has 0 aliphatic rings. The number of hydrogen-bond donors (Lipinski definition) is 5. The smallest absolute Gasteiger partial charge is 0.408 e. The summed E-state index contributed by atoms with van der Waals surface area (Å²) in [7, 11) is 0. The van der Waals surface area contributed by atoms with Gasteiger partial charge in [0.15, 0.2) is 5.54 Å². The number of ether oxygens (including phenoxy) is 1. The first-order chi connectivity index (χ1) is 13.8. The van der Waals surface area contributed by atoms with Crippen molar-refractivity contribution in [1.82, 2.24) is 15.6 Å². The normalized spacial score (nSPS) is 15.7. The van der Waals surface area contributed by atoms with Crippen LogP contribution in [0, 0.1) is 0 Å². The average molecular weight is 419 g/mol. The third-order valence-electron chi connectivity index (χ3n) is 4.67. The van der Waals surface area contributed by atoms with Gasteiger partial charge in [0.05, 0.1) is 6.61 Å². The number of nitrogens with one attached hydrogen (secondary N) is 3. The number of benzene rings is 1. The van der Waals surface area contributed by atoms with Crippen molar-refractivity contribution in [3.05, 3.63) is 36.0 Å². The SMILES string of the molecule is CC(C)(C)OC(=O)N[C@@](C)(Cc1c[nH]c2ccccc12)C(=O)N[C@@](C)(CO)C(=O)O. The van der Waals surface area contributed by atoms with Gasteiger partial charge in [-0.2, -0.15) is 0 Å². The molecule has 0 fully saturated rings. The third kappa shape index (κ3) is 5.29. The van der Waals surface area contributed by atoms with Crippen molar-refractivity contribution in [2.45, 2.75) is 57.7 Å². The van der Waals surface area contributed by atoms with Crippen LogP contribution in [0.2, 0.25) is 0 Å². The van der Waals surface area contributed by atoms with Crippen molar-refractivity contribution in [1.29, 1.82) is 0 Å². The van der Waals surface area contributed by atoms with Crippen molar-refractivity contribution in [3.8, 4) is 0 Å². The molecule has 0 saturated heterocycles. The fourth-order valence-corrected chi connectivity index (χ4v) is 2.92. The number of aliphatic hydroxyl groups excluding tert-OH is 1. The largest absolute Gasteiger partial charge is 0.479 e. The second kappa shape index (κ2) is 8.35. The van der Waals surface area contributed by atoms with Crippen LogP contribution in [-0.4, -0.2) is 56.5 Å². The van der Waals surface area contributed by atoms with Crippen molar-refractivity contribution in [2.24, 2.45) is 0 Å². The maximum atomic E-state index is 13.1. The van der Waals surface area contributed by atoms with E-state index in [4.69, 9.17) is 4.74 Å². The Morgan fingerprint density at radius 2 is 1.67 bits per heavy atom. The van der Waals surface area contributed by atoms with Gasteiger partial charge >= 0.3 is 12.1 Å². The summed E-state index contributed by atoms with van der Waals surface area (Å²) < 4.78 is 5.29. The van der Waals surface area contributed by atoms with E-state index in [1.54, 1.807) is 27.0 Å². The molecule has 2 amide bonds. The Labute approximate surface area is 174 Å². The minimum atomic E-state index is -1.91. The van der Waals surface area contributed by atoms with Gasteiger partial charge in [0, 0.05) is 23.5 Å². The Morgan fingerprint density at radius 3 is 2.23 bits per heavy atom. The van der Waals surface area contributed by atoms with E-state index in [0.29, 0.717) is 0 Å². The Kier molecular flexibility index (Phi) is 6.46. The lowest BCUT2D eigenvalue weighted by Crippen LogP contribution is -2.65. The summed E-state index contributed by atoms with van der Waals surface area (Å²) in [4.78, 5) is 40.2. The fourth-order valence-electron chi connectivity index (χ4n) is 2.92. The predicted molar refractivity (Wildman–Crippen MR) is 111 cm³/mol. The van der Waals surface area contributed by atoms with Crippen LogP contribution in [0.15, 0.2) is 30.5 Å². The second-order valence-corrected chi connectivity index (χ2v) is 8.74. The van der Waals surface area contributed by atoms with Crippen LogP contribution < -0.4 is 10.6 Å². The van der Waals surface area contributed by atoms with E-state index in [-0.39, 0.29) is 6.42 Å². The van der Waals surface area contributed by atoms with E-state index in [2.05, 4.69) is 15.6 Å².